The normalized spacial score (nSPS) is 20.3. The van der Waals surface area contributed by atoms with E-state index in [4.69, 9.17) is 4.74 Å². The summed E-state index contributed by atoms with van der Waals surface area (Å²) < 4.78 is 62.6. The van der Waals surface area contributed by atoms with Gasteiger partial charge in [0.15, 0.2) is 5.78 Å². The zero-order valence-electron chi connectivity index (χ0n) is 21.8. The Balaban J connectivity index is 2.16. The van der Waals surface area contributed by atoms with Crippen LogP contribution in [0.4, 0.5) is 17.6 Å². The molecule has 2 aliphatic heterocycles. The zero-order chi connectivity index (χ0) is 28.5. The first-order valence-corrected chi connectivity index (χ1v) is 12.6. The van der Waals surface area contributed by atoms with Crippen molar-refractivity contribution in [3.8, 4) is 0 Å². The summed E-state index contributed by atoms with van der Waals surface area (Å²) in [6, 6.07) is -1.85. The molecule has 0 spiro atoms. The number of ether oxygens (including phenoxy) is 2. The summed E-state index contributed by atoms with van der Waals surface area (Å²) in [6.07, 6.45) is -1.22. The van der Waals surface area contributed by atoms with E-state index in [-0.39, 0.29) is 29.6 Å². The first-order chi connectivity index (χ1) is 17.6. The van der Waals surface area contributed by atoms with Gasteiger partial charge in [-0.25, -0.2) is 8.78 Å². The van der Waals surface area contributed by atoms with Gasteiger partial charge in [0.25, 0.3) is 11.8 Å². The van der Waals surface area contributed by atoms with Gasteiger partial charge in [0.2, 0.25) is 5.91 Å². The summed E-state index contributed by atoms with van der Waals surface area (Å²) in [5, 5.41) is 10.6. The SMILES string of the molecule is C=C(NCC(C)(F)F)C(=O)NC(CC1CCOCC1)C(=C)N[C@@H](C[C@@H]1CCNC1=O)C(=O)COC(C)(F)F. The summed E-state index contributed by atoms with van der Waals surface area (Å²) in [6.45, 7) is 8.52. The Bertz CT molecular complexity index is 869. The van der Waals surface area contributed by atoms with Crippen LogP contribution in [0, 0.1) is 11.8 Å². The molecule has 0 bridgehead atoms. The van der Waals surface area contributed by atoms with Crippen molar-refractivity contribution in [2.75, 3.05) is 32.9 Å². The fourth-order valence-electron chi connectivity index (χ4n) is 4.24. The second-order valence-corrected chi connectivity index (χ2v) is 10.0. The number of amides is 2. The topological polar surface area (TPSA) is 118 Å². The molecule has 1 unspecified atom stereocenters. The molecular weight excluding hydrogens is 512 g/mol. The van der Waals surface area contributed by atoms with Crippen molar-refractivity contribution in [1.82, 2.24) is 21.3 Å². The van der Waals surface area contributed by atoms with Gasteiger partial charge in [-0.05, 0) is 38.0 Å². The Morgan fingerprint density at radius 3 is 2.29 bits per heavy atom. The van der Waals surface area contributed by atoms with Gasteiger partial charge in [0, 0.05) is 45.2 Å². The Morgan fingerprint density at radius 1 is 1.08 bits per heavy atom. The first-order valence-electron chi connectivity index (χ1n) is 12.6. The number of halogens is 4. The van der Waals surface area contributed by atoms with Crippen LogP contribution in [-0.2, 0) is 23.9 Å². The largest absolute Gasteiger partial charge is 0.381 e. The van der Waals surface area contributed by atoms with Crippen LogP contribution in [0.5, 0.6) is 0 Å². The predicted molar refractivity (Wildman–Crippen MR) is 131 cm³/mol. The van der Waals surface area contributed by atoms with Crippen molar-refractivity contribution < 1.29 is 41.4 Å². The number of nitrogens with one attached hydrogen (secondary N) is 4. The van der Waals surface area contributed by atoms with Gasteiger partial charge >= 0.3 is 6.11 Å². The van der Waals surface area contributed by atoms with Crippen molar-refractivity contribution in [3.63, 3.8) is 0 Å². The Kier molecular flexibility index (Phi) is 11.6. The average molecular weight is 551 g/mol. The Morgan fingerprint density at radius 2 is 1.74 bits per heavy atom. The van der Waals surface area contributed by atoms with Gasteiger partial charge in [-0.1, -0.05) is 13.2 Å². The highest BCUT2D eigenvalue weighted by atomic mass is 19.3. The number of carbonyl (C=O) groups is 3. The maximum Gasteiger partial charge on any atom is 0.353 e. The van der Waals surface area contributed by atoms with E-state index < -0.39 is 54.9 Å². The molecule has 2 saturated heterocycles. The van der Waals surface area contributed by atoms with Crippen molar-refractivity contribution >= 4 is 17.6 Å². The van der Waals surface area contributed by atoms with Crippen LogP contribution < -0.4 is 21.3 Å². The average Bonchev–Trinajstić information content (AvgIpc) is 3.23. The predicted octanol–water partition coefficient (Wildman–Crippen LogP) is 2.24. The summed E-state index contributed by atoms with van der Waals surface area (Å²) in [5.41, 5.74) is -0.0661. The molecule has 0 aliphatic carbocycles. The molecule has 0 aromatic heterocycles. The minimum atomic E-state index is -3.52. The number of alkyl halides is 4. The summed E-state index contributed by atoms with van der Waals surface area (Å²) in [5.74, 6) is -5.15. The van der Waals surface area contributed by atoms with E-state index in [1.165, 1.54) is 0 Å². The van der Waals surface area contributed by atoms with Gasteiger partial charge in [-0.3, -0.25) is 14.4 Å². The van der Waals surface area contributed by atoms with E-state index >= 15 is 0 Å². The lowest BCUT2D eigenvalue weighted by Crippen LogP contribution is -2.49. The Labute approximate surface area is 220 Å². The maximum atomic E-state index is 13.2. The van der Waals surface area contributed by atoms with Crippen LogP contribution in [0.15, 0.2) is 24.6 Å². The molecule has 0 aromatic carbocycles. The van der Waals surface area contributed by atoms with Gasteiger partial charge in [-0.15, -0.1) is 0 Å². The number of carbonyl (C=O) groups excluding carboxylic acids is 3. The van der Waals surface area contributed by atoms with E-state index in [2.05, 4.69) is 39.2 Å². The molecule has 2 fully saturated rings. The molecule has 216 valence electrons. The second-order valence-electron chi connectivity index (χ2n) is 10.0. The minimum Gasteiger partial charge on any atom is -0.381 e. The second kappa shape index (κ2) is 13.9. The van der Waals surface area contributed by atoms with Gasteiger partial charge < -0.3 is 30.7 Å². The lowest BCUT2D eigenvalue weighted by Gasteiger charge is -2.31. The quantitative estimate of drug-likeness (QED) is 0.172. The van der Waals surface area contributed by atoms with Gasteiger partial charge in [0.05, 0.1) is 24.3 Å². The minimum absolute atomic E-state index is 0.0140. The highest BCUT2D eigenvalue weighted by Crippen LogP contribution is 2.24. The molecule has 3 atom stereocenters. The fraction of sp³-hybridized carbons (Fsp3) is 0.720. The monoisotopic (exact) mass is 550 g/mol. The summed E-state index contributed by atoms with van der Waals surface area (Å²) in [4.78, 5) is 37.7. The Hall–Kier alpha value is -2.67. The number of Topliss-reactive ketones (excluding diaryl/α,β-unsaturated/α-hetero) is 1. The molecular formula is C25H38F4N4O5. The van der Waals surface area contributed by atoms with E-state index in [0.29, 0.717) is 59.3 Å². The molecule has 13 heteroatoms. The highest BCUT2D eigenvalue weighted by molar-refractivity contribution is 5.92. The molecule has 2 aliphatic rings. The van der Waals surface area contributed by atoms with Gasteiger partial charge in [-0.2, -0.15) is 8.78 Å². The smallest absolute Gasteiger partial charge is 0.353 e. The van der Waals surface area contributed by atoms with Crippen LogP contribution in [0.3, 0.4) is 0 Å². The molecule has 2 rings (SSSR count). The molecule has 9 nitrogen and oxygen atoms in total. The molecule has 4 N–H and O–H groups in total. The summed E-state index contributed by atoms with van der Waals surface area (Å²) >= 11 is 0. The lowest BCUT2D eigenvalue weighted by atomic mass is 9.90. The standard InChI is InChI=1S/C25H38F4N4O5/c1-15(32-20(12-18-5-8-30-23(18)36)21(34)13-38-25(4,28)29)19(11-17-6-9-37-10-7-17)33-22(35)16(2)31-14-24(3,26)27/h17-20,31-32H,1-2,5-14H2,3-4H3,(H,30,36)(H,33,35)/t18-,19?,20-/m0/s1. The van der Waals surface area contributed by atoms with E-state index in [9.17, 15) is 31.9 Å². The van der Waals surface area contributed by atoms with Crippen LogP contribution in [0.1, 0.15) is 46.0 Å². The van der Waals surface area contributed by atoms with Gasteiger partial charge in [0.1, 0.15) is 6.61 Å². The van der Waals surface area contributed by atoms with E-state index in [0.717, 1.165) is 0 Å². The van der Waals surface area contributed by atoms with Crippen LogP contribution in [0.25, 0.3) is 0 Å². The third-order valence-corrected chi connectivity index (χ3v) is 6.42. The molecule has 2 heterocycles. The number of rotatable bonds is 16. The molecule has 0 saturated carbocycles. The van der Waals surface area contributed by atoms with Crippen LogP contribution in [0.2, 0.25) is 0 Å². The molecule has 38 heavy (non-hydrogen) atoms. The molecule has 2 amide bonds. The van der Waals surface area contributed by atoms with E-state index in [1.54, 1.807) is 0 Å². The number of ketones is 1. The molecule has 0 radical (unpaired) electrons. The number of hydrogen-bond acceptors (Lipinski definition) is 7. The van der Waals surface area contributed by atoms with Crippen molar-refractivity contribution in [3.05, 3.63) is 24.6 Å². The van der Waals surface area contributed by atoms with Crippen LogP contribution >= 0.6 is 0 Å². The maximum absolute atomic E-state index is 13.2. The van der Waals surface area contributed by atoms with Crippen molar-refractivity contribution in [1.29, 1.82) is 0 Å². The number of hydrogen-bond donors (Lipinski definition) is 4. The van der Waals surface area contributed by atoms with Crippen molar-refractivity contribution in [2.24, 2.45) is 11.8 Å². The first kappa shape index (κ1) is 31.5. The fourth-order valence-corrected chi connectivity index (χ4v) is 4.24. The highest BCUT2D eigenvalue weighted by Gasteiger charge is 2.34. The zero-order valence-corrected chi connectivity index (χ0v) is 21.8. The molecule has 0 aromatic rings. The third-order valence-electron chi connectivity index (χ3n) is 6.42. The lowest BCUT2D eigenvalue weighted by molar-refractivity contribution is -0.223. The van der Waals surface area contributed by atoms with Crippen molar-refractivity contribution in [2.45, 2.75) is 70.1 Å². The summed E-state index contributed by atoms with van der Waals surface area (Å²) in [7, 11) is 0. The third kappa shape index (κ3) is 11.4. The van der Waals surface area contributed by atoms with E-state index in [1.807, 2.05) is 0 Å². The van der Waals surface area contributed by atoms with Crippen LogP contribution in [-0.4, -0.2) is 74.6 Å².